The van der Waals surface area contributed by atoms with Crippen molar-refractivity contribution in [3.8, 4) is 0 Å². The molecule has 0 radical (unpaired) electrons. The summed E-state index contributed by atoms with van der Waals surface area (Å²) in [4.78, 5) is 6.78. The number of guanidine groups is 1. The molecule has 1 fully saturated rings. The van der Waals surface area contributed by atoms with Gasteiger partial charge in [0.15, 0.2) is 5.96 Å². The molecule has 0 saturated carbocycles. The highest BCUT2D eigenvalue weighted by molar-refractivity contribution is 14.0. The van der Waals surface area contributed by atoms with E-state index in [9.17, 15) is 0 Å². The Morgan fingerprint density at radius 2 is 1.94 bits per heavy atom. The summed E-state index contributed by atoms with van der Waals surface area (Å²) in [7, 11) is 1.80. The molecule has 1 unspecified atom stereocenters. The summed E-state index contributed by atoms with van der Waals surface area (Å²) in [6.07, 6.45) is 3.39. The fourth-order valence-electron chi connectivity index (χ4n) is 4.13. The normalized spacial score (nSPS) is 17.7. The van der Waals surface area contributed by atoms with Crippen LogP contribution in [0.25, 0.3) is 0 Å². The molecule has 4 rings (SSSR count). The number of nitrogens with zero attached hydrogens (tertiary/aromatic N) is 2. The average molecular weight is 550 g/mol. The van der Waals surface area contributed by atoms with Crippen LogP contribution >= 0.6 is 24.0 Å². The van der Waals surface area contributed by atoms with Gasteiger partial charge in [0.1, 0.15) is 0 Å². The lowest BCUT2D eigenvalue weighted by Gasteiger charge is -2.19. The third-order valence-electron chi connectivity index (χ3n) is 5.92. The molecule has 2 aliphatic rings. The Balaban J connectivity index is 0.00000289. The number of ether oxygens (including phenoxy) is 2. The molecule has 2 aromatic rings. The molecule has 7 heteroatoms. The molecule has 0 spiro atoms. The van der Waals surface area contributed by atoms with Crippen LogP contribution in [0.1, 0.15) is 29.5 Å². The smallest absolute Gasteiger partial charge is 0.191 e. The molecule has 174 valence electrons. The monoisotopic (exact) mass is 550 g/mol. The van der Waals surface area contributed by atoms with Crippen LogP contribution in [0.2, 0.25) is 0 Å². The molecule has 0 bridgehead atoms. The largest absolute Gasteiger partial charge is 0.379 e. The number of rotatable bonds is 9. The number of hydrogen-bond donors (Lipinski definition) is 2. The van der Waals surface area contributed by atoms with Gasteiger partial charge in [0.2, 0.25) is 0 Å². The van der Waals surface area contributed by atoms with Gasteiger partial charge in [-0.3, -0.25) is 4.99 Å². The Bertz CT molecular complexity index is 853. The molecular weight excluding hydrogens is 515 g/mol. The van der Waals surface area contributed by atoms with E-state index in [-0.39, 0.29) is 30.1 Å². The lowest BCUT2D eigenvalue weighted by Crippen LogP contribution is -2.37. The van der Waals surface area contributed by atoms with Gasteiger partial charge in [0.05, 0.1) is 12.7 Å². The van der Waals surface area contributed by atoms with E-state index >= 15 is 0 Å². The molecule has 0 aromatic heterocycles. The van der Waals surface area contributed by atoms with Crippen molar-refractivity contribution in [2.24, 2.45) is 4.99 Å². The van der Waals surface area contributed by atoms with Gasteiger partial charge in [0.25, 0.3) is 0 Å². The van der Waals surface area contributed by atoms with Crippen molar-refractivity contribution in [3.05, 3.63) is 65.2 Å². The lowest BCUT2D eigenvalue weighted by molar-refractivity contribution is 0.0420. The van der Waals surface area contributed by atoms with Gasteiger partial charge in [0, 0.05) is 52.1 Å². The van der Waals surface area contributed by atoms with E-state index in [1.54, 1.807) is 7.05 Å². The van der Waals surface area contributed by atoms with Crippen molar-refractivity contribution in [1.29, 1.82) is 0 Å². The summed E-state index contributed by atoms with van der Waals surface area (Å²) < 4.78 is 11.1. The minimum atomic E-state index is 0. The number of halogens is 1. The number of fused-ring (bicyclic) bond motifs is 1. The number of hydrogen-bond acceptors (Lipinski definition) is 4. The first-order valence-corrected chi connectivity index (χ1v) is 11.4. The zero-order valence-corrected chi connectivity index (χ0v) is 21.2. The molecule has 32 heavy (non-hydrogen) atoms. The number of aliphatic imine (C=N–C) groups is 1. The van der Waals surface area contributed by atoms with Gasteiger partial charge in [-0.15, -0.1) is 24.0 Å². The highest BCUT2D eigenvalue weighted by atomic mass is 127. The van der Waals surface area contributed by atoms with E-state index < -0.39 is 0 Å². The number of nitrogens with one attached hydrogen (secondary N) is 2. The van der Waals surface area contributed by atoms with E-state index in [1.165, 1.54) is 22.4 Å². The van der Waals surface area contributed by atoms with E-state index in [4.69, 9.17) is 9.47 Å². The van der Waals surface area contributed by atoms with E-state index in [1.807, 2.05) is 0 Å². The maximum Gasteiger partial charge on any atom is 0.191 e. The molecule has 2 aliphatic heterocycles. The first-order valence-electron chi connectivity index (χ1n) is 11.4. The molecule has 2 heterocycles. The Hall–Kier alpha value is -1.84. The fourth-order valence-corrected chi connectivity index (χ4v) is 4.13. The van der Waals surface area contributed by atoms with Crippen LogP contribution in [-0.2, 0) is 29.0 Å². The summed E-state index contributed by atoms with van der Waals surface area (Å²) in [5, 5.41) is 6.75. The topological polar surface area (TPSA) is 58.1 Å². The van der Waals surface area contributed by atoms with Crippen molar-refractivity contribution in [2.75, 3.05) is 44.9 Å². The molecule has 0 amide bonds. The van der Waals surface area contributed by atoms with Crippen LogP contribution in [-0.4, -0.2) is 52.0 Å². The standard InChI is InChI=1S/C25H34N4O2.HI/c1-26-25(27-13-4-15-31-23-12-16-30-19-23)28-17-20-7-9-21(10-8-20)18-29-14-11-22-5-2-3-6-24(22)29;/h2-3,5-10,23H,4,11-19H2,1H3,(H2,26,27,28);1H. The molecule has 1 saturated heterocycles. The van der Waals surface area contributed by atoms with E-state index in [2.05, 4.69) is 69.1 Å². The minimum Gasteiger partial charge on any atom is -0.379 e. The average Bonchev–Trinajstić information content (AvgIpc) is 3.47. The minimum absolute atomic E-state index is 0. The molecule has 0 aliphatic carbocycles. The van der Waals surface area contributed by atoms with Crippen molar-refractivity contribution in [1.82, 2.24) is 10.6 Å². The van der Waals surface area contributed by atoms with Crippen molar-refractivity contribution < 1.29 is 9.47 Å². The quantitative estimate of drug-likeness (QED) is 0.216. The van der Waals surface area contributed by atoms with E-state index in [0.717, 1.165) is 71.2 Å². The summed E-state index contributed by atoms with van der Waals surface area (Å²) >= 11 is 0. The number of anilines is 1. The van der Waals surface area contributed by atoms with Gasteiger partial charge in [-0.1, -0.05) is 42.5 Å². The zero-order chi connectivity index (χ0) is 21.3. The maximum atomic E-state index is 5.80. The van der Waals surface area contributed by atoms with Crippen LogP contribution in [0, 0.1) is 0 Å². The second-order valence-electron chi connectivity index (χ2n) is 8.18. The lowest BCUT2D eigenvalue weighted by atomic mass is 10.1. The Morgan fingerprint density at radius 3 is 2.72 bits per heavy atom. The van der Waals surface area contributed by atoms with Gasteiger partial charge < -0.3 is 25.0 Å². The molecule has 1 atom stereocenters. The third-order valence-corrected chi connectivity index (χ3v) is 5.92. The summed E-state index contributed by atoms with van der Waals surface area (Å²) in [6, 6.07) is 17.6. The predicted octanol–water partition coefficient (Wildman–Crippen LogP) is 3.73. The highest BCUT2D eigenvalue weighted by Crippen LogP contribution is 2.28. The molecule has 2 N–H and O–H groups in total. The third kappa shape index (κ3) is 7.08. The van der Waals surface area contributed by atoms with Gasteiger partial charge in [-0.2, -0.15) is 0 Å². The second kappa shape index (κ2) is 13.0. The highest BCUT2D eigenvalue weighted by Gasteiger charge is 2.18. The van der Waals surface area contributed by atoms with Gasteiger partial charge in [-0.05, 0) is 42.0 Å². The summed E-state index contributed by atoms with van der Waals surface area (Å²) in [6.45, 7) is 5.97. The van der Waals surface area contributed by atoms with Gasteiger partial charge in [-0.25, -0.2) is 0 Å². The van der Waals surface area contributed by atoms with Crippen molar-refractivity contribution >= 4 is 35.6 Å². The SMILES string of the molecule is CN=C(NCCCOC1CCOC1)NCc1ccc(CN2CCc3ccccc32)cc1.I. The van der Waals surface area contributed by atoms with Crippen molar-refractivity contribution in [3.63, 3.8) is 0 Å². The molecule has 2 aromatic carbocycles. The summed E-state index contributed by atoms with van der Waals surface area (Å²) in [5.41, 5.74) is 5.43. The molecule has 6 nitrogen and oxygen atoms in total. The number of para-hydroxylation sites is 1. The Kier molecular flexibility index (Phi) is 10.1. The fraction of sp³-hybridized carbons (Fsp3) is 0.480. The second-order valence-corrected chi connectivity index (χ2v) is 8.18. The van der Waals surface area contributed by atoms with Crippen LogP contribution in [0.3, 0.4) is 0 Å². The van der Waals surface area contributed by atoms with Gasteiger partial charge >= 0.3 is 0 Å². The maximum absolute atomic E-state index is 5.80. The Labute approximate surface area is 208 Å². The first kappa shape index (κ1) is 24.8. The molecular formula is C25H35IN4O2. The Morgan fingerprint density at radius 1 is 1.12 bits per heavy atom. The number of benzene rings is 2. The zero-order valence-electron chi connectivity index (χ0n) is 18.9. The van der Waals surface area contributed by atoms with Crippen LogP contribution in [0.15, 0.2) is 53.5 Å². The first-order chi connectivity index (χ1) is 15.3. The van der Waals surface area contributed by atoms with Crippen LogP contribution in [0.5, 0.6) is 0 Å². The predicted molar refractivity (Wildman–Crippen MR) is 141 cm³/mol. The van der Waals surface area contributed by atoms with Crippen molar-refractivity contribution in [2.45, 2.75) is 38.5 Å². The van der Waals surface area contributed by atoms with E-state index in [0.29, 0.717) is 0 Å². The van der Waals surface area contributed by atoms with Crippen LogP contribution in [0.4, 0.5) is 5.69 Å². The summed E-state index contributed by atoms with van der Waals surface area (Å²) in [5.74, 6) is 0.821. The van der Waals surface area contributed by atoms with Crippen LogP contribution < -0.4 is 15.5 Å².